The SMILES string of the molecule is CNCc1cccc(NC(=O)CC2CCS(=O)(=O)C2)c1. The Labute approximate surface area is 119 Å². The Morgan fingerprint density at radius 3 is 2.85 bits per heavy atom. The Kier molecular flexibility index (Phi) is 4.77. The average Bonchev–Trinajstić information content (AvgIpc) is 2.69. The highest BCUT2D eigenvalue weighted by Gasteiger charge is 2.29. The molecule has 0 bridgehead atoms. The third kappa shape index (κ3) is 4.31. The topological polar surface area (TPSA) is 75.3 Å². The fourth-order valence-electron chi connectivity index (χ4n) is 2.47. The molecule has 1 aromatic carbocycles. The van der Waals surface area contributed by atoms with Crippen LogP contribution in [0, 0.1) is 5.92 Å². The van der Waals surface area contributed by atoms with Crippen molar-refractivity contribution in [3.05, 3.63) is 29.8 Å². The Balaban J connectivity index is 1.90. The third-order valence-corrected chi connectivity index (χ3v) is 5.23. The molecule has 5 nitrogen and oxygen atoms in total. The second-order valence-electron chi connectivity index (χ2n) is 5.25. The summed E-state index contributed by atoms with van der Waals surface area (Å²) in [5.41, 5.74) is 1.84. The molecule has 1 amide bonds. The number of hydrogen-bond acceptors (Lipinski definition) is 4. The number of sulfone groups is 1. The summed E-state index contributed by atoms with van der Waals surface area (Å²) in [6, 6.07) is 7.63. The summed E-state index contributed by atoms with van der Waals surface area (Å²) in [7, 11) is -1.05. The molecule has 1 fully saturated rings. The normalized spacial score (nSPS) is 20.8. The summed E-state index contributed by atoms with van der Waals surface area (Å²) in [6.45, 7) is 0.741. The Morgan fingerprint density at radius 2 is 2.20 bits per heavy atom. The lowest BCUT2D eigenvalue weighted by Crippen LogP contribution is -2.17. The molecule has 0 spiro atoms. The minimum absolute atomic E-state index is 0.0412. The lowest BCUT2D eigenvalue weighted by Gasteiger charge is -2.10. The first kappa shape index (κ1) is 15.0. The van der Waals surface area contributed by atoms with Crippen molar-refractivity contribution in [3.8, 4) is 0 Å². The highest BCUT2D eigenvalue weighted by Crippen LogP contribution is 2.22. The van der Waals surface area contributed by atoms with Crippen molar-refractivity contribution in [2.24, 2.45) is 5.92 Å². The van der Waals surface area contributed by atoms with Crippen LogP contribution in [0.5, 0.6) is 0 Å². The van der Waals surface area contributed by atoms with E-state index in [0.717, 1.165) is 17.8 Å². The van der Waals surface area contributed by atoms with Crippen LogP contribution in [0.15, 0.2) is 24.3 Å². The van der Waals surface area contributed by atoms with Gasteiger partial charge in [0, 0.05) is 18.7 Å². The molecular weight excluding hydrogens is 276 g/mol. The van der Waals surface area contributed by atoms with Gasteiger partial charge < -0.3 is 10.6 Å². The van der Waals surface area contributed by atoms with Crippen molar-refractivity contribution in [3.63, 3.8) is 0 Å². The van der Waals surface area contributed by atoms with Crippen molar-refractivity contribution < 1.29 is 13.2 Å². The van der Waals surface area contributed by atoms with Crippen LogP contribution in [0.2, 0.25) is 0 Å². The molecule has 1 aliphatic rings. The minimum Gasteiger partial charge on any atom is -0.326 e. The summed E-state index contributed by atoms with van der Waals surface area (Å²) >= 11 is 0. The van der Waals surface area contributed by atoms with Crippen LogP contribution in [-0.2, 0) is 21.2 Å². The molecule has 0 aromatic heterocycles. The van der Waals surface area contributed by atoms with E-state index in [0.29, 0.717) is 6.42 Å². The van der Waals surface area contributed by atoms with Crippen LogP contribution in [0.25, 0.3) is 0 Å². The van der Waals surface area contributed by atoms with Gasteiger partial charge in [-0.15, -0.1) is 0 Å². The standard InChI is InChI=1S/C14H20N2O3S/c1-15-9-11-3-2-4-13(7-11)16-14(17)8-12-5-6-20(18,19)10-12/h2-4,7,12,15H,5-6,8-10H2,1H3,(H,16,17). The van der Waals surface area contributed by atoms with Gasteiger partial charge >= 0.3 is 0 Å². The maximum absolute atomic E-state index is 11.9. The number of carbonyl (C=O) groups excluding carboxylic acids is 1. The Bertz CT molecular complexity index is 584. The molecule has 0 aliphatic carbocycles. The molecule has 6 heteroatoms. The summed E-state index contributed by atoms with van der Waals surface area (Å²) in [4.78, 5) is 11.9. The molecule has 1 unspecified atom stereocenters. The fraction of sp³-hybridized carbons (Fsp3) is 0.500. The van der Waals surface area contributed by atoms with Gasteiger partial charge in [0.1, 0.15) is 0 Å². The molecule has 1 aromatic rings. The van der Waals surface area contributed by atoms with E-state index in [9.17, 15) is 13.2 Å². The zero-order valence-electron chi connectivity index (χ0n) is 11.6. The molecule has 1 saturated heterocycles. The molecule has 0 saturated carbocycles. The quantitative estimate of drug-likeness (QED) is 0.855. The lowest BCUT2D eigenvalue weighted by atomic mass is 10.0. The van der Waals surface area contributed by atoms with Gasteiger partial charge in [-0.1, -0.05) is 12.1 Å². The molecule has 1 aliphatic heterocycles. The molecule has 2 N–H and O–H groups in total. The molecule has 110 valence electrons. The predicted octanol–water partition coefficient (Wildman–Crippen LogP) is 1.17. The molecule has 1 heterocycles. The number of rotatable bonds is 5. The van der Waals surface area contributed by atoms with E-state index >= 15 is 0 Å². The van der Waals surface area contributed by atoms with Crippen molar-refractivity contribution >= 4 is 21.4 Å². The zero-order chi connectivity index (χ0) is 14.6. The number of nitrogens with one attached hydrogen (secondary N) is 2. The summed E-state index contributed by atoms with van der Waals surface area (Å²) < 4.78 is 22.7. The minimum atomic E-state index is -2.92. The van der Waals surface area contributed by atoms with E-state index in [4.69, 9.17) is 0 Å². The van der Waals surface area contributed by atoms with E-state index in [1.54, 1.807) is 0 Å². The van der Waals surface area contributed by atoms with Crippen molar-refractivity contribution in [2.75, 3.05) is 23.9 Å². The van der Waals surface area contributed by atoms with Crippen LogP contribution >= 0.6 is 0 Å². The summed E-state index contributed by atoms with van der Waals surface area (Å²) in [5, 5.41) is 5.89. The van der Waals surface area contributed by atoms with Gasteiger partial charge in [-0.05, 0) is 37.1 Å². The van der Waals surface area contributed by atoms with E-state index < -0.39 is 9.84 Å². The monoisotopic (exact) mass is 296 g/mol. The van der Waals surface area contributed by atoms with Crippen LogP contribution in [0.1, 0.15) is 18.4 Å². The van der Waals surface area contributed by atoms with Crippen LogP contribution in [0.3, 0.4) is 0 Å². The van der Waals surface area contributed by atoms with Gasteiger partial charge in [-0.2, -0.15) is 0 Å². The van der Waals surface area contributed by atoms with E-state index in [-0.39, 0.29) is 29.8 Å². The molecular formula is C14H20N2O3S. The van der Waals surface area contributed by atoms with E-state index in [1.165, 1.54) is 0 Å². The number of benzene rings is 1. The van der Waals surface area contributed by atoms with Gasteiger partial charge in [0.05, 0.1) is 11.5 Å². The van der Waals surface area contributed by atoms with E-state index in [1.807, 2.05) is 31.3 Å². The largest absolute Gasteiger partial charge is 0.326 e. The first-order valence-electron chi connectivity index (χ1n) is 6.72. The van der Waals surface area contributed by atoms with Gasteiger partial charge in [-0.25, -0.2) is 8.42 Å². The molecule has 1 atom stereocenters. The van der Waals surface area contributed by atoms with Crippen molar-refractivity contribution in [2.45, 2.75) is 19.4 Å². The second kappa shape index (κ2) is 6.37. The number of anilines is 1. The van der Waals surface area contributed by atoms with Gasteiger partial charge in [0.25, 0.3) is 0 Å². The molecule has 0 radical (unpaired) electrons. The maximum Gasteiger partial charge on any atom is 0.224 e. The second-order valence-corrected chi connectivity index (χ2v) is 7.48. The molecule has 2 rings (SSSR count). The number of carbonyl (C=O) groups is 1. The van der Waals surface area contributed by atoms with Crippen LogP contribution in [-0.4, -0.2) is 32.9 Å². The third-order valence-electron chi connectivity index (χ3n) is 3.39. The zero-order valence-corrected chi connectivity index (χ0v) is 12.4. The van der Waals surface area contributed by atoms with Crippen molar-refractivity contribution in [1.82, 2.24) is 5.32 Å². The predicted molar refractivity (Wildman–Crippen MR) is 79.2 cm³/mol. The fourth-order valence-corrected chi connectivity index (χ4v) is 4.33. The summed E-state index contributed by atoms with van der Waals surface area (Å²) in [6.07, 6.45) is 0.866. The first-order valence-corrected chi connectivity index (χ1v) is 8.54. The highest BCUT2D eigenvalue weighted by molar-refractivity contribution is 7.91. The number of amides is 1. The average molecular weight is 296 g/mol. The summed E-state index contributed by atoms with van der Waals surface area (Å²) in [5.74, 6) is 0.192. The van der Waals surface area contributed by atoms with Crippen molar-refractivity contribution in [1.29, 1.82) is 0 Å². The van der Waals surface area contributed by atoms with Gasteiger partial charge in [-0.3, -0.25) is 4.79 Å². The first-order chi connectivity index (χ1) is 9.48. The van der Waals surface area contributed by atoms with Crippen LogP contribution in [0.4, 0.5) is 5.69 Å². The Morgan fingerprint density at radius 1 is 1.40 bits per heavy atom. The van der Waals surface area contributed by atoms with Gasteiger partial charge in [0.15, 0.2) is 9.84 Å². The van der Waals surface area contributed by atoms with Crippen LogP contribution < -0.4 is 10.6 Å². The maximum atomic E-state index is 11.9. The highest BCUT2D eigenvalue weighted by atomic mass is 32.2. The Hall–Kier alpha value is -1.40. The van der Waals surface area contributed by atoms with E-state index in [2.05, 4.69) is 10.6 Å². The lowest BCUT2D eigenvalue weighted by molar-refractivity contribution is -0.116. The number of hydrogen-bond donors (Lipinski definition) is 2. The van der Waals surface area contributed by atoms with Gasteiger partial charge in [0.2, 0.25) is 5.91 Å². The molecule has 20 heavy (non-hydrogen) atoms. The smallest absolute Gasteiger partial charge is 0.224 e.